The summed E-state index contributed by atoms with van der Waals surface area (Å²) < 4.78 is 7.27. The van der Waals surface area contributed by atoms with Gasteiger partial charge in [-0.2, -0.15) is 0 Å². The average Bonchev–Trinajstić information content (AvgIpc) is 4.08. The van der Waals surface area contributed by atoms with Crippen LogP contribution >= 0.6 is 0 Å². The van der Waals surface area contributed by atoms with Crippen LogP contribution in [0.25, 0.3) is 127 Å². The van der Waals surface area contributed by atoms with Crippen LogP contribution < -0.4 is 0 Å². The van der Waals surface area contributed by atoms with Gasteiger partial charge in [0, 0.05) is 71.2 Å². The number of hydrogen-bond acceptors (Lipinski definition) is 3. The zero-order valence-corrected chi connectivity index (χ0v) is 33.8. The van der Waals surface area contributed by atoms with E-state index >= 15 is 0 Å². The van der Waals surface area contributed by atoms with Crippen LogP contribution in [-0.2, 0) is 0 Å². The Kier molecular flexibility index (Phi) is 7.02. The topological polar surface area (TPSA) is 52.9 Å². The molecule has 0 aliphatic carbocycles. The van der Waals surface area contributed by atoms with Crippen LogP contribution in [-0.4, -0.2) is 28.5 Å². The first-order valence-corrected chi connectivity index (χ1v) is 21.4. The summed E-state index contributed by atoms with van der Waals surface area (Å²) in [4.78, 5) is 15.5. The molecule has 0 saturated carbocycles. The van der Waals surface area contributed by atoms with Crippen molar-refractivity contribution in [2.24, 2.45) is 0 Å². The van der Waals surface area contributed by atoms with E-state index < -0.39 is 0 Å². The summed E-state index contributed by atoms with van der Waals surface area (Å²) in [5.74, 6) is 1.91. The second kappa shape index (κ2) is 12.9. The molecule has 0 amide bonds. The summed E-state index contributed by atoms with van der Waals surface area (Å²) in [6.45, 7) is 0. The average molecular weight is 803 g/mol. The van der Waals surface area contributed by atoms with Crippen molar-refractivity contribution in [2.45, 2.75) is 0 Å². The van der Waals surface area contributed by atoms with Crippen LogP contribution in [0.15, 0.2) is 206 Å². The maximum absolute atomic E-state index is 5.23. The number of nitrogens with zero attached hydrogens (tertiary/aromatic N) is 6. The van der Waals surface area contributed by atoms with Crippen molar-refractivity contribution in [1.82, 2.24) is 28.5 Å². The molecule has 0 saturated heterocycles. The number of para-hydroxylation sites is 4. The smallest absolute Gasteiger partial charge is 0.164 e. The second-order valence-corrected chi connectivity index (χ2v) is 16.4. The molecule has 0 N–H and O–H groups in total. The molecule has 0 spiro atoms. The second-order valence-electron chi connectivity index (χ2n) is 16.4. The lowest BCUT2D eigenvalue weighted by Crippen LogP contribution is -2.00. The Morgan fingerprint density at radius 1 is 0.254 bits per heavy atom. The van der Waals surface area contributed by atoms with Gasteiger partial charge in [0.05, 0.1) is 38.6 Å². The SMILES string of the molecule is c1ccc(-c2nc(-c3ccccc3)nc(-c3cc4c5cc(-n6c7ccccc7c7ccccc76)ccc5n5c6ccc(-n7c8ccccc8c8ccccc87)cc6c(c3)c45)n2)cc1. The van der Waals surface area contributed by atoms with Crippen molar-refractivity contribution < 1.29 is 0 Å². The fourth-order valence-electron chi connectivity index (χ4n) is 10.3. The summed E-state index contributed by atoms with van der Waals surface area (Å²) in [5.41, 5.74) is 13.3. The molecule has 14 aromatic rings. The molecule has 5 heterocycles. The van der Waals surface area contributed by atoms with Crippen LogP contribution in [0.2, 0.25) is 0 Å². The molecule has 0 unspecified atom stereocenters. The Balaban J connectivity index is 1.08. The highest BCUT2D eigenvalue weighted by molar-refractivity contribution is 6.25. The van der Waals surface area contributed by atoms with E-state index in [0.29, 0.717) is 17.5 Å². The number of fused-ring (bicyclic) bond motifs is 12. The Bertz CT molecular complexity index is 3770. The molecule has 5 aromatic heterocycles. The molecule has 6 nitrogen and oxygen atoms in total. The molecule has 0 aliphatic heterocycles. The first-order valence-electron chi connectivity index (χ1n) is 21.4. The van der Waals surface area contributed by atoms with E-state index in [0.717, 1.165) is 49.9 Å². The maximum Gasteiger partial charge on any atom is 0.164 e. The van der Waals surface area contributed by atoms with Crippen molar-refractivity contribution >= 4 is 81.7 Å². The van der Waals surface area contributed by atoms with Gasteiger partial charge in [-0.25, -0.2) is 15.0 Å². The molecule has 6 heteroatoms. The molecule has 0 aliphatic rings. The van der Waals surface area contributed by atoms with Gasteiger partial charge < -0.3 is 13.5 Å². The number of benzene rings is 9. The first kappa shape index (κ1) is 34.1. The van der Waals surface area contributed by atoms with Crippen LogP contribution in [0.4, 0.5) is 0 Å². The Hall–Kier alpha value is -8.61. The molecule has 9 aromatic carbocycles. The van der Waals surface area contributed by atoms with Crippen molar-refractivity contribution in [3.05, 3.63) is 206 Å². The summed E-state index contributed by atoms with van der Waals surface area (Å²) in [5, 5.41) is 9.62. The van der Waals surface area contributed by atoms with Crippen LogP contribution in [0.1, 0.15) is 0 Å². The van der Waals surface area contributed by atoms with Gasteiger partial charge in [0.25, 0.3) is 0 Å². The summed E-state index contributed by atoms with van der Waals surface area (Å²) in [6.07, 6.45) is 0. The lowest BCUT2D eigenvalue weighted by molar-refractivity contribution is 1.07. The molecule has 0 radical (unpaired) electrons. The monoisotopic (exact) mass is 802 g/mol. The Morgan fingerprint density at radius 3 is 1.00 bits per heavy atom. The fraction of sp³-hybridized carbons (Fsp3) is 0. The fourth-order valence-corrected chi connectivity index (χ4v) is 10.3. The van der Waals surface area contributed by atoms with Crippen LogP contribution in [0, 0.1) is 0 Å². The molecular weight excluding hydrogens is 769 g/mol. The lowest BCUT2D eigenvalue weighted by Gasteiger charge is -2.11. The van der Waals surface area contributed by atoms with Gasteiger partial charge >= 0.3 is 0 Å². The third-order valence-corrected chi connectivity index (χ3v) is 13.0. The highest BCUT2D eigenvalue weighted by Crippen LogP contribution is 2.44. The minimum atomic E-state index is 0.632. The summed E-state index contributed by atoms with van der Waals surface area (Å²) >= 11 is 0. The standard InChI is InChI=1S/C57H34N6/c1-3-15-35(16-4-1)55-58-56(36-17-5-2-6-18-36)60-57(59-55)37-31-46-44-33-38(61-48-23-11-7-19-40(48)41-20-8-12-24-49(41)61)27-29-52(44)63-53-30-28-39(34-45(53)47(32-37)54(46)63)62-50-25-13-9-21-42(50)43-22-10-14-26-51(43)62/h1-34H. The molecule has 14 rings (SSSR count). The lowest BCUT2D eigenvalue weighted by atomic mass is 10.0. The highest BCUT2D eigenvalue weighted by Gasteiger charge is 2.23. The zero-order chi connectivity index (χ0) is 41.2. The predicted octanol–water partition coefficient (Wildman–Crippen LogP) is 14.2. The van der Waals surface area contributed by atoms with Gasteiger partial charge in [0.1, 0.15) is 0 Å². The Morgan fingerprint density at radius 2 is 0.603 bits per heavy atom. The van der Waals surface area contributed by atoms with E-state index in [4.69, 9.17) is 15.0 Å². The normalized spacial score (nSPS) is 12.1. The van der Waals surface area contributed by atoms with Gasteiger partial charge in [-0.1, -0.05) is 133 Å². The van der Waals surface area contributed by atoms with E-state index in [1.807, 2.05) is 36.4 Å². The maximum atomic E-state index is 5.23. The van der Waals surface area contributed by atoms with E-state index in [1.54, 1.807) is 0 Å². The number of rotatable bonds is 5. The van der Waals surface area contributed by atoms with Crippen molar-refractivity contribution in [3.63, 3.8) is 0 Å². The quantitative estimate of drug-likeness (QED) is 0.174. The minimum absolute atomic E-state index is 0.632. The van der Waals surface area contributed by atoms with Gasteiger partial charge in [-0.3, -0.25) is 0 Å². The van der Waals surface area contributed by atoms with E-state index in [2.05, 4.69) is 183 Å². The molecule has 63 heavy (non-hydrogen) atoms. The number of hydrogen-bond donors (Lipinski definition) is 0. The van der Waals surface area contributed by atoms with Gasteiger partial charge in [0.15, 0.2) is 17.5 Å². The third-order valence-electron chi connectivity index (χ3n) is 13.0. The molecule has 0 fully saturated rings. The minimum Gasteiger partial charge on any atom is -0.309 e. The summed E-state index contributed by atoms with van der Waals surface area (Å²) in [7, 11) is 0. The van der Waals surface area contributed by atoms with Crippen molar-refractivity contribution in [2.75, 3.05) is 0 Å². The largest absolute Gasteiger partial charge is 0.309 e. The van der Waals surface area contributed by atoms with E-state index in [1.165, 1.54) is 59.9 Å². The number of aromatic nitrogens is 6. The van der Waals surface area contributed by atoms with Crippen LogP contribution in [0.3, 0.4) is 0 Å². The highest BCUT2D eigenvalue weighted by atomic mass is 15.0. The van der Waals surface area contributed by atoms with Gasteiger partial charge in [-0.15, -0.1) is 0 Å². The van der Waals surface area contributed by atoms with Crippen molar-refractivity contribution in [1.29, 1.82) is 0 Å². The predicted molar refractivity (Wildman–Crippen MR) is 259 cm³/mol. The zero-order valence-electron chi connectivity index (χ0n) is 33.8. The molecular formula is C57H34N6. The van der Waals surface area contributed by atoms with E-state index in [-0.39, 0.29) is 0 Å². The molecule has 0 bridgehead atoms. The molecule has 0 atom stereocenters. The third kappa shape index (κ3) is 4.91. The molecule has 292 valence electrons. The Labute approximate surface area is 360 Å². The van der Waals surface area contributed by atoms with Gasteiger partial charge in [-0.05, 0) is 72.8 Å². The summed E-state index contributed by atoms with van der Waals surface area (Å²) in [6, 6.07) is 73.7. The van der Waals surface area contributed by atoms with E-state index in [9.17, 15) is 0 Å². The first-order chi connectivity index (χ1) is 31.2. The van der Waals surface area contributed by atoms with Gasteiger partial charge in [0.2, 0.25) is 0 Å². The van der Waals surface area contributed by atoms with Crippen molar-refractivity contribution in [3.8, 4) is 45.5 Å². The van der Waals surface area contributed by atoms with Crippen LogP contribution in [0.5, 0.6) is 0 Å².